The molecule has 2 saturated carbocycles. The van der Waals surface area contributed by atoms with Crippen molar-refractivity contribution in [1.82, 2.24) is 0 Å². The SMILES string of the molecule is Cc1ccc(Oc2ccc(NC(=O)[C@@H]3[C@@H]4C[C@H]5[C@H](OC(=O)[C@@H]53)[C@@H]4Br)cc2)cc1. The Kier molecular flexibility index (Phi) is 4.19. The average molecular weight is 442 g/mol. The summed E-state index contributed by atoms with van der Waals surface area (Å²) in [6.45, 7) is 2.03. The van der Waals surface area contributed by atoms with Crippen molar-refractivity contribution in [3.63, 3.8) is 0 Å². The number of hydrogen-bond donors (Lipinski definition) is 1. The van der Waals surface area contributed by atoms with Gasteiger partial charge in [-0.3, -0.25) is 9.59 Å². The number of amides is 1. The zero-order valence-electron chi connectivity index (χ0n) is 15.3. The van der Waals surface area contributed by atoms with Crippen LogP contribution in [-0.4, -0.2) is 22.8 Å². The summed E-state index contributed by atoms with van der Waals surface area (Å²) in [5.74, 6) is 0.829. The third-order valence-corrected chi connectivity index (χ3v) is 7.40. The number of ether oxygens (including phenoxy) is 2. The molecule has 1 saturated heterocycles. The molecule has 5 nitrogen and oxygen atoms in total. The quantitative estimate of drug-likeness (QED) is 0.567. The van der Waals surface area contributed by atoms with E-state index < -0.39 is 0 Å². The van der Waals surface area contributed by atoms with Crippen LogP contribution in [0.2, 0.25) is 0 Å². The highest BCUT2D eigenvalue weighted by molar-refractivity contribution is 9.09. The summed E-state index contributed by atoms with van der Waals surface area (Å²) < 4.78 is 11.3. The first-order valence-electron chi connectivity index (χ1n) is 9.51. The number of benzene rings is 2. The van der Waals surface area contributed by atoms with E-state index in [2.05, 4.69) is 21.2 Å². The van der Waals surface area contributed by atoms with Gasteiger partial charge in [-0.2, -0.15) is 0 Å². The van der Waals surface area contributed by atoms with E-state index in [0.717, 1.165) is 12.2 Å². The Morgan fingerprint density at radius 1 is 1.07 bits per heavy atom. The number of rotatable bonds is 4. The van der Waals surface area contributed by atoms with Crippen LogP contribution < -0.4 is 10.1 Å². The number of nitrogens with one attached hydrogen (secondary N) is 1. The lowest BCUT2D eigenvalue weighted by Crippen LogP contribution is -2.40. The van der Waals surface area contributed by atoms with Crippen LogP contribution >= 0.6 is 15.9 Å². The van der Waals surface area contributed by atoms with Crippen LogP contribution in [0.5, 0.6) is 11.5 Å². The van der Waals surface area contributed by atoms with Gasteiger partial charge in [0.25, 0.3) is 0 Å². The van der Waals surface area contributed by atoms with Crippen LogP contribution in [0.25, 0.3) is 0 Å². The zero-order chi connectivity index (χ0) is 19.4. The second kappa shape index (κ2) is 6.62. The first kappa shape index (κ1) is 17.7. The maximum Gasteiger partial charge on any atom is 0.310 e. The number of aryl methyl sites for hydroxylation is 1. The maximum atomic E-state index is 12.9. The van der Waals surface area contributed by atoms with Gasteiger partial charge in [0.2, 0.25) is 5.91 Å². The first-order chi connectivity index (χ1) is 13.5. The smallest absolute Gasteiger partial charge is 0.310 e. The van der Waals surface area contributed by atoms with E-state index in [1.165, 1.54) is 5.56 Å². The lowest BCUT2D eigenvalue weighted by atomic mass is 9.79. The third-order valence-electron chi connectivity index (χ3n) is 6.20. The minimum absolute atomic E-state index is 0.0650. The van der Waals surface area contributed by atoms with E-state index in [1.807, 2.05) is 55.5 Å². The maximum absolute atomic E-state index is 12.9. The van der Waals surface area contributed by atoms with Crippen LogP contribution in [0, 0.1) is 30.6 Å². The topological polar surface area (TPSA) is 64.6 Å². The van der Waals surface area contributed by atoms with Gasteiger partial charge >= 0.3 is 5.97 Å². The van der Waals surface area contributed by atoms with Gasteiger partial charge in [-0.1, -0.05) is 33.6 Å². The number of halogens is 1. The van der Waals surface area contributed by atoms with Gasteiger partial charge in [0, 0.05) is 11.6 Å². The van der Waals surface area contributed by atoms with Crippen molar-refractivity contribution in [3.05, 3.63) is 54.1 Å². The van der Waals surface area contributed by atoms with Crippen LogP contribution in [0.1, 0.15) is 12.0 Å². The number of anilines is 1. The van der Waals surface area contributed by atoms with Crippen LogP contribution in [0.4, 0.5) is 5.69 Å². The lowest BCUT2D eigenvalue weighted by Gasteiger charge is -2.27. The normalized spacial score (nSPS) is 32.3. The van der Waals surface area contributed by atoms with Crippen molar-refractivity contribution in [2.75, 3.05) is 5.32 Å². The summed E-state index contributed by atoms with van der Waals surface area (Å²) >= 11 is 3.64. The molecule has 144 valence electrons. The van der Waals surface area contributed by atoms with Crippen molar-refractivity contribution in [1.29, 1.82) is 0 Å². The van der Waals surface area contributed by atoms with Crippen molar-refractivity contribution in [2.24, 2.45) is 23.7 Å². The summed E-state index contributed by atoms with van der Waals surface area (Å²) in [4.78, 5) is 25.2. The van der Waals surface area contributed by atoms with Crippen LogP contribution in [0.15, 0.2) is 48.5 Å². The number of carbonyl (C=O) groups excluding carboxylic acids is 2. The first-order valence-corrected chi connectivity index (χ1v) is 10.4. The van der Waals surface area contributed by atoms with E-state index >= 15 is 0 Å². The number of carbonyl (C=O) groups is 2. The average Bonchev–Trinajstić information content (AvgIpc) is 3.29. The van der Waals surface area contributed by atoms with E-state index in [1.54, 1.807) is 0 Å². The van der Waals surface area contributed by atoms with E-state index in [0.29, 0.717) is 11.4 Å². The Balaban J connectivity index is 1.27. The molecule has 0 aromatic heterocycles. The fraction of sp³-hybridized carbons (Fsp3) is 0.364. The van der Waals surface area contributed by atoms with Gasteiger partial charge in [0.05, 0.1) is 16.7 Å². The summed E-state index contributed by atoms with van der Waals surface area (Å²) in [7, 11) is 0. The molecule has 2 aliphatic carbocycles. The number of hydrogen-bond acceptors (Lipinski definition) is 4. The largest absolute Gasteiger partial charge is 0.461 e. The summed E-state index contributed by atoms with van der Waals surface area (Å²) in [6, 6.07) is 15.1. The molecule has 0 unspecified atom stereocenters. The molecule has 2 bridgehead atoms. The minimum atomic E-state index is -0.330. The third kappa shape index (κ3) is 2.82. The Morgan fingerprint density at radius 3 is 2.39 bits per heavy atom. The van der Waals surface area contributed by atoms with Gasteiger partial charge in [-0.25, -0.2) is 0 Å². The predicted molar refractivity (Wildman–Crippen MR) is 107 cm³/mol. The molecular weight excluding hydrogens is 422 g/mol. The molecule has 5 rings (SSSR count). The van der Waals surface area contributed by atoms with E-state index in [-0.39, 0.29) is 46.5 Å². The summed E-state index contributed by atoms with van der Waals surface area (Å²) in [6.07, 6.45) is 0.808. The highest BCUT2D eigenvalue weighted by Gasteiger charge is 2.67. The Morgan fingerprint density at radius 2 is 1.71 bits per heavy atom. The molecule has 3 aliphatic rings. The molecule has 1 N–H and O–H groups in total. The molecular formula is C22H20BrNO4. The lowest BCUT2D eigenvalue weighted by molar-refractivity contribution is -0.145. The highest BCUT2D eigenvalue weighted by atomic mass is 79.9. The van der Waals surface area contributed by atoms with Crippen molar-refractivity contribution >= 4 is 33.5 Å². The Labute approximate surface area is 171 Å². The monoisotopic (exact) mass is 441 g/mol. The van der Waals surface area contributed by atoms with Gasteiger partial charge < -0.3 is 14.8 Å². The standard InChI is InChI=1S/C22H20BrNO4/c1-11-2-6-13(7-3-11)27-14-8-4-12(5-9-14)24-21(25)17-15-10-16-18(17)22(26)28-20(16)19(15)23/h2-9,15-20H,10H2,1H3,(H,24,25)/t15-,16+,17+,18-,19+,20-/m0/s1. The molecule has 28 heavy (non-hydrogen) atoms. The molecule has 0 spiro atoms. The fourth-order valence-corrected chi connectivity index (χ4v) is 5.95. The molecule has 1 heterocycles. The predicted octanol–water partition coefficient (Wildman–Crippen LogP) is 4.30. The van der Waals surface area contributed by atoms with E-state index in [4.69, 9.17) is 9.47 Å². The number of esters is 1. The van der Waals surface area contributed by atoms with Crippen LogP contribution in [0.3, 0.4) is 0 Å². The van der Waals surface area contributed by atoms with Crippen molar-refractivity contribution < 1.29 is 19.1 Å². The molecule has 6 heteroatoms. The fourth-order valence-electron chi connectivity index (χ4n) is 4.90. The van der Waals surface area contributed by atoms with Crippen molar-refractivity contribution in [2.45, 2.75) is 24.3 Å². The van der Waals surface area contributed by atoms with Gasteiger partial charge in [-0.05, 0) is 55.7 Å². The van der Waals surface area contributed by atoms with Crippen LogP contribution in [-0.2, 0) is 14.3 Å². The van der Waals surface area contributed by atoms with Gasteiger partial charge in [0.1, 0.15) is 17.6 Å². The second-order valence-electron chi connectivity index (χ2n) is 7.89. The zero-order valence-corrected chi connectivity index (χ0v) is 16.9. The van der Waals surface area contributed by atoms with E-state index in [9.17, 15) is 9.59 Å². The molecule has 0 radical (unpaired) electrons. The molecule has 2 aromatic rings. The second-order valence-corrected chi connectivity index (χ2v) is 8.95. The molecule has 6 atom stereocenters. The molecule has 3 fully saturated rings. The van der Waals surface area contributed by atoms with Gasteiger partial charge in [0.15, 0.2) is 0 Å². The minimum Gasteiger partial charge on any atom is -0.461 e. The van der Waals surface area contributed by atoms with Crippen molar-refractivity contribution in [3.8, 4) is 11.5 Å². The van der Waals surface area contributed by atoms with Gasteiger partial charge in [-0.15, -0.1) is 0 Å². The Bertz CT molecular complexity index is 927. The summed E-state index contributed by atoms with van der Waals surface area (Å²) in [5, 5.41) is 2.97. The Hall–Kier alpha value is -2.34. The molecule has 1 amide bonds. The number of alkyl halides is 1. The summed E-state index contributed by atoms with van der Waals surface area (Å²) in [5.41, 5.74) is 1.87. The molecule has 2 aromatic carbocycles. The highest BCUT2D eigenvalue weighted by Crippen LogP contribution is 2.60. The molecule has 1 aliphatic heterocycles. The number of fused-ring (bicyclic) bond motifs is 1.